The van der Waals surface area contributed by atoms with E-state index in [1.807, 2.05) is 40.7 Å². The summed E-state index contributed by atoms with van der Waals surface area (Å²) in [5.41, 5.74) is 0.182. The highest BCUT2D eigenvalue weighted by atomic mass is 16.7. The first-order chi connectivity index (χ1) is 12.2. The highest BCUT2D eigenvalue weighted by Crippen LogP contribution is 2.37. The first kappa shape index (κ1) is 20.9. The second-order valence-corrected chi connectivity index (χ2v) is 7.82. The molecule has 1 saturated heterocycles. The Hall–Kier alpha value is -1.37. The van der Waals surface area contributed by atoms with Crippen molar-refractivity contribution >= 4 is 18.9 Å². The molecule has 1 aliphatic heterocycles. The van der Waals surface area contributed by atoms with Crippen LogP contribution in [0, 0.1) is 0 Å². The van der Waals surface area contributed by atoms with Crippen molar-refractivity contribution in [3.8, 4) is 5.75 Å². The van der Waals surface area contributed by atoms with Gasteiger partial charge in [-0.15, -0.1) is 0 Å². The van der Waals surface area contributed by atoms with Crippen LogP contribution in [-0.4, -0.2) is 43.9 Å². The van der Waals surface area contributed by atoms with E-state index >= 15 is 0 Å². The summed E-state index contributed by atoms with van der Waals surface area (Å²) in [6.07, 6.45) is 2.81. The van der Waals surface area contributed by atoms with Crippen molar-refractivity contribution in [3.05, 3.63) is 23.8 Å². The minimum Gasteiger partial charge on any atom is -0.489 e. The summed E-state index contributed by atoms with van der Waals surface area (Å²) in [7, 11) is -0.649. The van der Waals surface area contributed by atoms with Gasteiger partial charge in [-0.2, -0.15) is 0 Å². The molecule has 6 heteroatoms. The molecule has 1 unspecified atom stereocenters. The van der Waals surface area contributed by atoms with Gasteiger partial charge in [-0.1, -0.05) is 25.5 Å². The Labute approximate surface area is 157 Å². The Bertz CT molecular complexity index is 598. The molecule has 26 heavy (non-hydrogen) atoms. The number of rotatable bonds is 9. The summed E-state index contributed by atoms with van der Waals surface area (Å²) < 4.78 is 24.0. The van der Waals surface area contributed by atoms with Gasteiger partial charge in [0.15, 0.2) is 0 Å². The molecule has 0 N–H and O–H groups in total. The van der Waals surface area contributed by atoms with Crippen LogP contribution in [0.5, 0.6) is 5.75 Å². The second kappa shape index (κ2) is 8.55. The number of carbonyl (C=O) groups is 1. The van der Waals surface area contributed by atoms with Crippen molar-refractivity contribution in [2.45, 2.75) is 71.7 Å². The van der Waals surface area contributed by atoms with E-state index in [9.17, 15) is 4.79 Å². The molecular formula is C20H31BO5. The average Bonchev–Trinajstić information content (AvgIpc) is 2.78. The monoisotopic (exact) mass is 362 g/mol. The molecule has 0 aliphatic carbocycles. The molecule has 0 spiro atoms. The summed E-state index contributed by atoms with van der Waals surface area (Å²) in [6, 6.07) is 5.40. The number of benzene rings is 1. The fourth-order valence-electron chi connectivity index (χ4n) is 2.73. The van der Waals surface area contributed by atoms with Crippen LogP contribution in [0.4, 0.5) is 0 Å². The highest BCUT2D eigenvalue weighted by molar-refractivity contribution is 6.64. The zero-order chi connectivity index (χ0) is 19.4. The second-order valence-electron chi connectivity index (χ2n) is 7.82. The van der Waals surface area contributed by atoms with Gasteiger partial charge in [0.2, 0.25) is 0 Å². The van der Waals surface area contributed by atoms with Crippen LogP contribution >= 0.6 is 0 Å². The van der Waals surface area contributed by atoms with E-state index in [2.05, 4.69) is 6.92 Å². The predicted molar refractivity (Wildman–Crippen MR) is 103 cm³/mol. The molecule has 2 rings (SSSR count). The van der Waals surface area contributed by atoms with Gasteiger partial charge in [-0.05, 0) is 47.1 Å². The molecule has 1 fully saturated rings. The van der Waals surface area contributed by atoms with Crippen LogP contribution in [0.15, 0.2) is 18.2 Å². The molecule has 1 aromatic rings. The lowest BCUT2D eigenvalue weighted by Crippen LogP contribution is -2.41. The lowest BCUT2D eigenvalue weighted by atomic mass is 9.75. The smallest absolute Gasteiger partial charge is 0.489 e. The molecular weight excluding hydrogens is 331 g/mol. The predicted octanol–water partition coefficient (Wildman–Crippen LogP) is 3.38. The van der Waals surface area contributed by atoms with Crippen LogP contribution < -0.4 is 10.2 Å². The maximum atomic E-state index is 11.6. The van der Waals surface area contributed by atoms with E-state index in [0.29, 0.717) is 23.4 Å². The summed E-state index contributed by atoms with van der Waals surface area (Å²) in [5, 5.41) is 0. The summed E-state index contributed by atoms with van der Waals surface area (Å²) in [6.45, 7) is 13.3. The van der Waals surface area contributed by atoms with Gasteiger partial charge in [0.25, 0.3) is 0 Å². The summed E-state index contributed by atoms with van der Waals surface area (Å²) in [5.74, 6) is 0.597. The van der Waals surface area contributed by atoms with Crippen LogP contribution in [0.25, 0.3) is 0 Å². The van der Waals surface area contributed by atoms with Crippen molar-refractivity contribution in [1.82, 2.24) is 0 Å². The number of hydrogen-bond acceptors (Lipinski definition) is 5. The molecule has 1 aliphatic rings. The topological polar surface area (TPSA) is 54.0 Å². The minimum absolute atomic E-state index is 0.144. The van der Waals surface area contributed by atoms with Crippen molar-refractivity contribution in [3.63, 3.8) is 0 Å². The van der Waals surface area contributed by atoms with Gasteiger partial charge < -0.3 is 18.8 Å². The normalized spacial score (nSPS) is 19.4. The quantitative estimate of drug-likeness (QED) is 0.383. The fraction of sp³-hybridized carbons (Fsp3) is 0.650. The molecule has 0 radical (unpaired) electrons. The van der Waals surface area contributed by atoms with Crippen molar-refractivity contribution in [1.29, 1.82) is 0 Å². The van der Waals surface area contributed by atoms with E-state index < -0.39 is 18.3 Å². The van der Waals surface area contributed by atoms with E-state index in [1.165, 1.54) is 0 Å². The molecule has 0 aromatic heterocycles. The Morgan fingerprint density at radius 1 is 1.19 bits per heavy atom. The zero-order valence-corrected chi connectivity index (χ0v) is 16.8. The van der Waals surface area contributed by atoms with Crippen LogP contribution in [-0.2, 0) is 14.0 Å². The first-order valence-electron chi connectivity index (χ1n) is 9.40. The molecule has 1 heterocycles. The van der Waals surface area contributed by atoms with Gasteiger partial charge in [0.05, 0.1) is 17.8 Å². The number of carbonyl (C=O) groups excluding carboxylic acids is 1. The Balaban J connectivity index is 2.20. The van der Waals surface area contributed by atoms with Crippen molar-refractivity contribution in [2.24, 2.45) is 0 Å². The van der Waals surface area contributed by atoms with Gasteiger partial charge in [-0.3, -0.25) is 4.79 Å². The minimum atomic E-state index is -0.649. The third-order valence-corrected chi connectivity index (χ3v) is 5.04. The molecule has 0 saturated carbocycles. The Morgan fingerprint density at radius 2 is 1.85 bits per heavy atom. The Morgan fingerprint density at radius 3 is 2.42 bits per heavy atom. The summed E-state index contributed by atoms with van der Waals surface area (Å²) >= 11 is 0. The molecule has 144 valence electrons. The lowest BCUT2D eigenvalue weighted by molar-refractivity contribution is 0.00578. The molecule has 0 bridgehead atoms. The Kier molecular flexibility index (Phi) is 6.89. The third-order valence-electron chi connectivity index (χ3n) is 5.04. The van der Waals surface area contributed by atoms with Gasteiger partial charge in [0.1, 0.15) is 18.1 Å². The van der Waals surface area contributed by atoms with Crippen molar-refractivity contribution < 1.29 is 23.6 Å². The first-order valence-corrected chi connectivity index (χ1v) is 9.40. The van der Waals surface area contributed by atoms with Gasteiger partial charge >= 0.3 is 7.12 Å². The van der Waals surface area contributed by atoms with E-state index in [4.69, 9.17) is 18.8 Å². The molecule has 5 nitrogen and oxygen atoms in total. The van der Waals surface area contributed by atoms with E-state index in [-0.39, 0.29) is 6.10 Å². The standard InChI is InChI=1S/C20H31BO5/c1-7-8-12-23-14-15(2)24-17-11-9-10-16(13-22)18(17)21-25-19(3,4)20(5,6)26-21/h9-11,13,15H,7-8,12,14H2,1-6H3. The van der Waals surface area contributed by atoms with Crippen LogP contribution in [0.2, 0.25) is 0 Å². The van der Waals surface area contributed by atoms with Gasteiger partial charge in [-0.25, -0.2) is 0 Å². The maximum absolute atomic E-state index is 11.6. The fourth-order valence-corrected chi connectivity index (χ4v) is 2.73. The SMILES string of the molecule is CCCCOCC(C)Oc1cccc(C=O)c1B1OC(C)(C)C(C)(C)O1. The van der Waals surface area contributed by atoms with E-state index in [0.717, 1.165) is 25.7 Å². The lowest BCUT2D eigenvalue weighted by Gasteiger charge is -2.32. The molecule has 1 atom stereocenters. The van der Waals surface area contributed by atoms with E-state index in [1.54, 1.807) is 12.1 Å². The molecule has 0 amide bonds. The number of ether oxygens (including phenoxy) is 2. The number of unbranched alkanes of at least 4 members (excludes halogenated alkanes) is 1. The zero-order valence-electron chi connectivity index (χ0n) is 16.8. The number of aldehydes is 1. The summed E-state index contributed by atoms with van der Waals surface area (Å²) in [4.78, 5) is 11.6. The van der Waals surface area contributed by atoms with Crippen LogP contribution in [0.1, 0.15) is 64.7 Å². The number of hydrogen-bond donors (Lipinski definition) is 0. The average molecular weight is 362 g/mol. The van der Waals surface area contributed by atoms with Crippen molar-refractivity contribution in [2.75, 3.05) is 13.2 Å². The maximum Gasteiger partial charge on any atom is 0.499 e. The highest BCUT2D eigenvalue weighted by Gasteiger charge is 2.53. The molecule has 1 aromatic carbocycles. The third kappa shape index (κ3) is 4.67. The largest absolute Gasteiger partial charge is 0.499 e. The van der Waals surface area contributed by atoms with Crippen LogP contribution in [0.3, 0.4) is 0 Å². The van der Waals surface area contributed by atoms with Gasteiger partial charge in [0, 0.05) is 17.6 Å².